The maximum Gasteiger partial charge on any atom is 0.251 e. The van der Waals surface area contributed by atoms with E-state index in [0.717, 1.165) is 6.42 Å². The Morgan fingerprint density at radius 2 is 2.08 bits per heavy atom. The minimum Gasteiger partial charge on any atom is -0.355 e. The van der Waals surface area contributed by atoms with E-state index in [1.54, 1.807) is 19.3 Å². The lowest BCUT2D eigenvalue weighted by atomic mass is 10.1. The third-order valence-electron chi connectivity index (χ3n) is 4.34. The molecule has 1 saturated heterocycles. The lowest BCUT2D eigenvalue weighted by Gasteiger charge is -2.20. The standard InChI is InChI=1S/C19H26N4O3/c1-4-6-7-9-23-13-15(12-16(23)19(26)20-5-2)21-18(25)14-8-10-22(3)17(24)11-14/h8,10-11,15-16H,4-5,9,12-13H2,1-3H3,(H,20,26)(H,21,25). The van der Waals surface area contributed by atoms with E-state index in [9.17, 15) is 14.4 Å². The molecule has 7 heteroatoms. The summed E-state index contributed by atoms with van der Waals surface area (Å²) in [6.45, 7) is 5.47. The predicted octanol–water partition coefficient (Wildman–Crippen LogP) is 0.108. The molecule has 2 heterocycles. The van der Waals surface area contributed by atoms with Gasteiger partial charge in [0.2, 0.25) is 5.91 Å². The normalized spacial score (nSPS) is 19.5. The van der Waals surface area contributed by atoms with E-state index in [-0.39, 0.29) is 29.5 Å². The SMILES string of the molecule is CCC#CCN1CC(NC(=O)c2ccn(C)c(=O)c2)CC1C(=O)NCC. The molecule has 1 aromatic rings. The molecule has 1 aliphatic heterocycles. The maximum absolute atomic E-state index is 12.4. The molecular weight excluding hydrogens is 332 g/mol. The van der Waals surface area contributed by atoms with Gasteiger partial charge in [0.25, 0.3) is 11.5 Å². The molecule has 1 fully saturated rings. The molecule has 0 saturated carbocycles. The number of pyridine rings is 1. The number of nitrogens with zero attached hydrogens (tertiary/aromatic N) is 2. The van der Waals surface area contributed by atoms with E-state index < -0.39 is 0 Å². The molecule has 2 rings (SSSR count). The van der Waals surface area contributed by atoms with Crippen LogP contribution in [0.2, 0.25) is 0 Å². The summed E-state index contributed by atoms with van der Waals surface area (Å²) in [5.74, 6) is 5.73. The largest absolute Gasteiger partial charge is 0.355 e. The van der Waals surface area contributed by atoms with E-state index in [1.807, 2.05) is 18.7 Å². The van der Waals surface area contributed by atoms with E-state index >= 15 is 0 Å². The summed E-state index contributed by atoms with van der Waals surface area (Å²) in [6.07, 6.45) is 2.86. The molecule has 7 nitrogen and oxygen atoms in total. The average molecular weight is 358 g/mol. The molecule has 0 aliphatic carbocycles. The highest BCUT2D eigenvalue weighted by atomic mass is 16.2. The Balaban J connectivity index is 2.06. The van der Waals surface area contributed by atoms with Gasteiger partial charge in [-0.1, -0.05) is 12.8 Å². The number of likely N-dealkylation sites (N-methyl/N-ethyl adjacent to an activating group) is 1. The summed E-state index contributed by atoms with van der Waals surface area (Å²) in [6, 6.07) is 2.45. The molecule has 2 amide bonds. The van der Waals surface area contributed by atoms with Crippen LogP contribution in [0.4, 0.5) is 0 Å². The summed E-state index contributed by atoms with van der Waals surface area (Å²) in [7, 11) is 1.63. The number of aromatic nitrogens is 1. The smallest absolute Gasteiger partial charge is 0.251 e. The van der Waals surface area contributed by atoms with Crippen molar-refractivity contribution in [3.05, 3.63) is 34.2 Å². The first-order valence-corrected chi connectivity index (χ1v) is 8.91. The van der Waals surface area contributed by atoms with Gasteiger partial charge in [-0.2, -0.15) is 0 Å². The van der Waals surface area contributed by atoms with Crippen LogP contribution in [0.15, 0.2) is 23.1 Å². The summed E-state index contributed by atoms with van der Waals surface area (Å²) < 4.78 is 1.41. The fourth-order valence-electron chi connectivity index (χ4n) is 2.99. The predicted molar refractivity (Wildman–Crippen MR) is 99.7 cm³/mol. The van der Waals surface area contributed by atoms with Gasteiger partial charge in [-0.25, -0.2) is 0 Å². The number of nitrogens with one attached hydrogen (secondary N) is 2. The van der Waals surface area contributed by atoms with Crippen molar-refractivity contribution in [2.45, 2.75) is 38.8 Å². The third kappa shape index (κ3) is 4.96. The van der Waals surface area contributed by atoms with Crippen LogP contribution in [0.25, 0.3) is 0 Å². The number of rotatable bonds is 5. The number of carbonyl (C=O) groups is 2. The van der Waals surface area contributed by atoms with Crippen molar-refractivity contribution in [2.75, 3.05) is 19.6 Å². The van der Waals surface area contributed by atoms with E-state index in [1.165, 1.54) is 10.6 Å². The van der Waals surface area contributed by atoms with Crippen LogP contribution < -0.4 is 16.2 Å². The van der Waals surface area contributed by atoms with Crippen LogP contribution in [0.3, 0.4) is 0 Å². The van der Waals surface area contributed by atoms with E-state index in [0.29, 0.717) is 31.6 Å². The molecule has 0 radical (unpaired) electrons. The van der Waals surface area contributed by atoms with Crippen molar-refractivity contribution >= 4 is 11.8 Å². The number of amides is 2. The number of hydrogen-bond acceptors (Lipinski definition) is 4. The second-order valence-electron chi connectivity index (χ2n) is 6.32. The number of aryl methyl sites for hydroxylation is 1. The molecule has 0 bridgehead atoms. The third-order valence-corrected chi connectivity index (χ3v) is 4.34. The molecule has 2 atom stereocenters. The monoisotopic (exact) mass is 358 g/mol. The summed E-state index contributed by atoms with van der Waals surface area (Å²) >= 11 is 0. The van der Waals surface area contributed by atoms with Crippen LogP contribution in [0, 0.1) is 11.8 Å². The van der Waals surface area contributed by atoms with Crippen molar-refractivity contribution in [1.82, 2.24) is 20.1 Å². The van der Waals surface area contributed by atoms with Gasteiger partial charge in [-0.3, -0.25) is 19.3 Å². The fourth-order valence-corrected chi connectivity index (χ4v) is 2.99. The van der Waals surface area contributed by atoms with Crippen molar-refractivity contribution in [1.29, 1.82) is 0 Å². The maximum atomic E-state index is 12.4. The molecule has 2 unspecified atom stereocenters. The first kappa shape index (κ1) is 19.7. The van der Waals surface area contributed by atoms with Gasteiger partial charge in [0, 0.05) is 50.4 Å². The zero-order chi connectivity index (χ0) is 19.1. The Labute approximate surface area is 153 Å². The first-order chi connectivity index (χ1) is 12.5. The van der Waals surface area contributed by atoms with Crippen LogP contribution >= 0.6 is 0 Å². The molecule has 1 aromatic heterocycles. The highest BCUT2D eigenvalue weighted by Crippen LogP contribution is 2.18. The highest BCUT2D eigenvalue weighted by Gasteiger charge is 2.36. The topological polar surface area (TPSA) is 83.4 Å². The number of likely N-dealkylation sites (tertiary alicyclic amines) is 1. The molecule has 0 aromatic carbocycles. The van der Waals surface area contributed by atoms with Gasteiger partial charge in [-0.15, -0.1) is 5.92 Å². The minimum absolute atomic E-state index is 0.0453. The quantitative estimate of drug-likeness (QED) is 0.732. The molecule has 0 spiro atoms. The van der Waals surface area contributed by atoms with Gasteiger partial charge < -0.3 is 15.2 Å². The fraction of sp³-hybridized carbons (Fsp3) is 0.526. The van der Waals surface area contributed by atoms with Gasteiger partial charge in [-0.05, 0) is 19.4 Å². The molecule has 2 N–H and O–H groups in total. The van der Waals surface area contributed by atoms with Crippen molar-refractivity contribution in [2.24, 2.45) is 7.05 Å². The zero-order valence-corrected chi connectivity index (χ0v) is 15.5. The van der Waals surface area contributed by atoms with E-state index in [2.05, 4.69) is 22.5 Å². The highest BCUT2D eigenvalue weighted by molar-refractivity contribution is 5.94. The zero-order valence-electron chi connectivity index (χ0n) is 15.5. The Morgan fingerprint density at radius 1 is 1.31 bits per heavy atom. The Morgan fingerprint density at radius 3 is 2.73 bits per heavy atom. The van der Waals surface area contributed by atoms with Crippen LogP contribution in [0.1, 0.15) is 37.0 Å². The van der Waals surface area contributed by atoms with Crippen molar-refractivity contribution in [3.63, 3.8) is 0 Å². The molecule has 26 heavy (non-hydrogen) atoms. The summed E-state index contributed by atoms with van der Waals surface area (Å²) in [5, 5.41) is 5.77. The average Bonchev–Trinajstić information content (AvgIpc) is 3.00. The number of hydrogen-bond donors (Lipinski definition) is 2. The second kappa shape index (κ2) is 9.20. The van der Waals surface area contributed by atoms with Crippen LogP contribution in [-0.4, -0.2) is 53.0 Å². The Hall–Kier alpha value is -2.59. The first-order valence-electron chi connectivity index (χ1n) is 8.91. The second-order valence-corrected chi connectivity index (χ2v) is 6.32. The minimum atomic E-state index is -0.310. The van der Waals surface area contributed by atoms with Gasteiger partial charge in [0.15, 0.2) is 0 Å². The lowest BCUT2D eigenvalue weighted by molar-refractivity contribution is -0.125. The Kier molecular flexibility index (Phi) is 6.98. The summed E-state index contributed by atoms with van der Waals surface area (Å²) in [5.41, 5.74) is 0.0904. The lowest BCUT2D eigenvalue weighted by Crippen LogP contribution is -2.43. The van der Waals surface area contributed by atoms with Crippen molar-refractivity contribution in [3.8, 4) is 11.8 Å². The van der Waals surface area contributed by atoms with Crippen molar-refractivity contribution < 1.29 is 9.59 Å². The van der Waals surface area contributed by atoms with Crippen LogP contribution in [-0.2, 0) is 11.8 Å². The summed E-state index contributed by atoms with van der Waals surface area (Å²) in [4.78, 5) is 38.4. The molecular formula is C19H26N4O3. The van der Waals surface area contributed by atoms with E-state index in [4.69, 9.17) is 0 Å². The molecule has 140 valence electrons. The van der Waals surface area contributed by atoms with Gasteiger partial charge >= 0.3 is 0 Å². The number of carbonyl (C=O) groups excluding carboxylic acids is 2. The molecule has 1 aliphatic rings. The van der Waals surface area contributed by atoms with Crippen LogP contribution in [0.5, 0.6) is 0 Å². The Bertz CT molecular complexity index is 775. The van der Waals surface area contributed by atoms with Gasteiger partial charge in [0.1, 0.15) is 0 Å². The van der Waals surface area contributed by atoms with Gasteiger partial charge in [0.05, 0.1) is 12.6 Å².